The lowest BCUT2D eigenvalue weighted by molar-refractivity contribution is 0.415. The van der Waals surface area contributed by atoms with Crippen molar-refractivity contribution in [3.8, 4) is 5.75 Å². The number of piperazine rings is 1. The number of ether oxygens (including phenoxy) is 1. The van der Waals surface area contributed by atoms with Crippen molar-refractivity contribution in [2.75, 3.05) is 38.2 Å². The predicted molar refractivity (Wildman–Crippen MR) is 88.3 cm³/mol. The molecule has 20 heavy (non-hydrogen) atoms. The van der Waals surface area contributed by atoms with Gasteiger partial charge in [0.15, 0.2) is 0 Å². The summed E-state index contributed by atoms with van der Waals surface area (Å²) in [5, 5.41) is 4.54. The fraction of sp³-hybridized carbons (Fsp3) is 0.357. The maximum absolute atomic E-state index is 5.26. The first-order valence-corrected chi connectivity index (χ1v) is 7.17. The van der Waals surface area contributed by atoms with Gasteiger partial charge in [-0.25, -0.2) is 0 Å². The highest BCUT2D eigenvalue weighted by Crippen LogP contribution is 2.34. The molecule has 0 aliphatic carbocycles. The number of methoxy groups -OCH3 is 1. The van der Waals surface area contributed by atoms with Gasteiger partial charge in [-0.15, -0.1) is 12.4 Å². The molecule has 1 saturated heterocycles. The lowest BCUT2D eigenvalue weighted by atomic mass is 10.1. The molecule has 0 spiro atoms. The van der Waals surface area contributed by atoms with Crippen molar-refractivity contribution in [1.29, 1.82) is 0 Å². The van der Waals surface area contributed by atoms with Gasteiger partial charge >= 0.3 is 0 Å². The van der Waals surface area contributed by atoms with Gasteiger partial charge in [0.25, 0.3) is 0 Å². The SMILES string of the molecule is COc1ccc2c(N3CCNCC3)c(Br)cnc2c1.Cl. The third kappa shape index (κ3) is 2.85. The number of benzene rings is 1. The zero-order valence-electron chi connectivity index (χ0n) is 11.2. The van der Waals surface area contributed by atoms with Gasteiger partial charge in [0.05, 0.1) is 22.8 Å². The fourth-order valence-corrected chi connectivity index (χ4v) is 3.04. The van der Waals surface area contributed by atoms with Crippen molar-refractivity contribution >= 4 is 44.9 Å². The Morgan fingerprint density at radius 1 is 1.30 bits per heavy atom. The summed E-state index contributed by atoms with van der Waals surface area (Å²) in [7, 11) is 1.68. The van der Waals surface area contributed by atoms with Crippen LogP contribution < -0.4 is 15.0 Å². The Balaban J connectivity index is 0.00000147. The summed E-state index contributed by atoms with van der Waals surface area (Å²) in [6.45, 7) is 4.08. The number of aromatic nitrogens is 1. The van der Waals surface area contributed by atoms with E-state index >= 15 is 0 Å². The van der Waals surface area contributed by atoms with Crippen molar-refractivity contribution in [2.45, 2.75) is 0 Å². The number of anilines is 1. The van der Waals surface area contributed by atoms with Crippen LogP contribution >= 0.6 is 28.3 Å². The molecule has 3 rings (SSSR count). The van der Waals surface area contributed by atoms with Crippen LogP contribution in [0, 0.1) is 0 Å². The summed E-state index contributed by atoms with van der Waals surface area (Å²) in [5.41, 5.74) is 2.20. The molecule has 108 valence electrons. The van der Waals surface area contributed by atoms with E-state index < -0.39 is 0 Å². The number of hydrogen-bond donors (Lipinski definition) is 1. The molecule has 2 aromatic rings. The monoisotopic (exact) mass is 357 g/mol. The van der Waals surface area contributed by atoms with Gasteiger partial charge in [-0.05, 0) is 28.1 Å². The molecular weight excluding hydrogens is 342 g/mol. The van der Waals surface area contributed by atoms with Crippen LogP contribution in [0.25, 0.3) is 10.9 Å². The first-order valence-electron chi connectivity index (χ1n) is 6.37. The van der Waals surface area contributed by atoms with E-state index in [1.807, 2.05) is 18.3 Å². The van der Waals surface area contributed by atoms with Gasteiger partial charge in [-0.2, -0.15) is 0 Å². The number of pyridine rings is 1. The molecule has 2 heterocycles. The maximum atomic E-state index is 5.26. The minimum atomic E-state index is 0. The Labute approximate surface area is 133 Å². The van der Waals surface area contributed by atoms with E-state index in [0.717, 1.165) is 47.3 Å². The molecule has 0 atom stereocenters. The Morgan fingerprint density at radius 2 is 2.05 bits per heavy atom. The largest absolute Gasteiger partial charge is 0.497 e. The van der Waals surface area contributed by atoms with Gasteiger partial charge in [0.2, 0.25) is 0 Å². The average Bonchev–Trinajstić information content (AvgIpc) is 2.47. The van der Waals surface area contributed by atoms with Gasteiger partial charge in [0.1, 0.15) is 5.75 Å². The highest BCUT2D eigenvalue weighted by Gasteiger charge is 2.17. The molecule has 4 nitrogen and oxygen atoms in total. The fourth-order valence-electron chi connectivity index (χ4n) is 2.47. The van der Waals surface area contributed by atoms with Gasteiger partial charge < -0.3 is 15.0 Å². The van der Waals surface area contributed by atoms with Gasteiger partial charge in [-0.1, -0.05) is 0 Å². The van der Waals surface area contributed by atoms with Crippen molar-refractivity contribution < 1.29 is 4.74 Å². The lowest BCUT2D eigenvalue weighted by Crippen LogP contribution is -2.43. The molecule has 1 N–H and O–H groups in total. The van der Waals surface area contributed by atoms with E-state index in [-0.39, 0.29) is 12.4 Å². The van der Waals surface area contributed by atoms with E-state index in [4.69, 9.17) is 4.74 Å². The van der Waals surface area contributed by atoms with Crippen LogP contribution in [0.1, 0.15) is 0 Å². The first kappa shape index (κ1) is 15.4. The van der Waals surface area contributed by atoms with Crippen LogP contribution in [-0.2, 0) is 0 Å². The second-order valence-electron chi connectivity index (χ2n) is 4.57. The number of halogens is 2. The van der Waals surface area contributed by atoms with Crippen LogP contribution in [0.2, 0.25) is 0 Å². The van der Waals surface area contributed by atoms with Crippen molar-refractivity contribution in [3.63, 3.8) is 0 Å². The molecule has 1 aliphatic heterocycles. The Kier molecular flexibility index (Phi) is 5.07. The minimum Gasteiger partial charge on any atom is -0.497 e. The zero-order chi connectivity index (χ0) is 13.2. The topological polar surface area (TPSA) is 37.4 Å². The molecular formula is C14H17BrClN3O. The van der Waals surface area contributed by atoms with E-state index in [1.165, 1.54) is 5.69 Å². The van der Waals surface area contributed by atoms with E-state index in [0.29, 0.717) is 0 Å². The highest BCUT2D eigenvalue weighted by molar-refractivity contribution is 9.10. The average molecular weight is 359 g/mol. The molecule has 1 aliphatic rings. The van der Waals surface area contributed by atoms with Crippen LogP contribution in [0.4, 0.5) is 5.69 Å². The number of nitrogens with zero attached hydrogens (tertiary/aromatic N) is 2. The van der Waals surface area contributed by atoms with Gasteiger partial charge in [0, 0.05) is 43.8 Å². The lowest BCUT2D eigenvalue weighted by Gasteiger charge is -2.31. The third-order valence-corrected chi connectivity index (χ3v) is 4.02. The second-order valence-corrected chi connectivity index (χ2v) is 5.43. The Hall–Kier alpha value is -1.04. The molecule has 0 unspecified atom stereocenters. The summed E-state index contributed by atoms with van der Waals surface area (Å²) in [6.07, 6.45) is 1.87. The molecule has 0 amide bonds. The van der Waals surface area contributed by atoms with Crippen molar-refractivity contribution in [1.82, 2.24) is 10.3 Å². The standard InChI is InChI=1S/C14H16BrN3O.ClH/c1-19-10-2-3-11-13(8-10)17-9-12(15)14(11)18-6-4-16-5-7-18;/h2-3,8-9,16H,4-7H2,1H3;1H. The van der Waals surface area contributed by atoms with E-state index in [1.54, 1.807) is 7.11 Å². The summed E-state index contributed by atoms with van der Waals surface area (Å²) >= 11 is 3.63. The van der Waals surface area contributed by atoms with Crippen LogP contribution in [0.5, 0.6) is 5.75 Å². The summed E-state index contributed by atoms with van der Waals surface area (Å²) in [6, 6.07) is 6.05. The molecule has 1 aromatic carbocycles. The quantitative estimate of drug-likeness (QED) is 0.896. The molecule has 0 bridgehead atoms. The molecule has 0 radical (unpaired) electrons. The number of hydrogen-bond acceptors (Lipinski definition) is 4. The summed E-state index contributed by atoms with van der Waals surface area (Å²) in [5.74, 6) is 0.841. The first-order chi connectivity index (χ1) is 9.29. The summed E-state index contributed by atoms with van der Waals surface area (Å²) < 4.78 is 6.31. The molecule has 1 aromatic heterocycles. The molecule has 0 saturated carbocycles. The molecule has 6 heteroatoms. The van der Waals surface area contributed by atoms with Crippen LogP contribution in [-0.4, -0.2) is 38.3 Å². The second kappa shape index (κ2) is 6.61. The van der Waals surface area contributed by atoms with Crippen LogP contribution in [0.15, 0.2) is 28.9 Å². The Bertz CT molecular complexity index is 602. The highest BCUT2D eigenvalue weighted by atomic mass is 79.9. The van der Waals surface area contributed by atoms with Gasteiger partial charge in [-0.3, -0.25) is 4.98 Å². The smallest absolute Gasteiger partial charge is 0.121 e. The van der Waals surface area contributed by atoms with Crippen molar-refractivity contribution in [3.05, 3.63) is 28.9 Å². The number of fused-ring (bicyclic) bond motifs is 1. The minimum absolute atomic E-state index is 0. The summed E-state index contributed by atoms with van der Waals surface area (Å²) in [4.78, 5) is 6.88. The normalized spacial score (nSPS) is 15.0. The maximum Gasteiger partial charge on any atom is 0.121 e. The van der Waals surface area contributed by atoms with E-state index in [9.17, 15) is 0 Å². The predicted octanol–water partition coefficient (Wildman–Crippen LogP) is 2.84. The van der Waals surface area contributed by atoms with E-state index in [2.05, 4.69) is 37.2 Å². The molecule has 1 fully saturated rings. The number of nitrogens with one attached hydrogen (secondary N) is 1. The Morgan fingerprint density at radius 3 is 2.75 bits per heavy atom. The third-order valence-electron chi connectivity index (χ3n) is 3.44. The zero-order valence-corrected chi connectivity index (χ0v) is 13.6. The number of rotatable bonds is 2. The van der Waals surface area contributed by atoms with Crippen LogP contribution in [0.3, 0.4) is 0 Å². The van der Waals surface area contributed by atoms with Crippen molar-refractivity contribution in [2.24, 2.45) is 0 Å².